The van der Waals surface area contributed by atoms with Gasteiger partial charge in [0, 0.05) is 6.54 Å². The van der Waals surface area contributed by atoms with Crippen LogP contribution in [0.3, 0.4) is 0 Å². The van der Waals surface area contributed by atoms with Gasteiger partial charge in [0.05, 0.1) is 18.4 Å². The average molecular weight is 600 g/mol. The molecule has 0 atom stereocenters. The molecule has 0 aliphatic rings. The number of ether oxygens (including phenoxy) is 2. The van der Waals surface area contributed by atoms with Gasteiger partial charge in [-0.05, 0) is 64.7 Å². The van der Waals surface area contributed by atoms with Crippen LogP contribution in [0.25, 0.3) is 5.69 Å². The molecule has 5 aromatic rings. The number of rotatable bonds is 10. The van der Waals surface area contributed by atoms with Crippen LogP contribution >= 0.6 is 0 Å². The average Bonchev–Trinajstić information content (AvgIpc) is 3.42. The molecule has 0 radical (unpaired) electrons. The van der Waals surface area contributed by atoms with E-state index in [9.17, 15) is 23.2 Å². The Hall–Kier alpha value is -5.65. The van der Waals surface area contributed by atoms with Gasteiger partial charge in [0.2, 0.25) is 0 Å². The van der Waals surface area contributed by atoms with E-state index in [0.717, 1.165) is 29.3 Å². The second-order valence-corrected chi connectivity index (χ2v) is 9.63. The summed E-state index contributed by atoms with van der Waals surface area (Å²) in [6, 6.07) is 25.2. The van der Waals surface area contributed by atoms with E-state index in [1.165, 1.54) is 30.2 Å². The molecule has 10 nitrogen and oxygen atoms in total. The number of anilines is 1. The van der Waals surface area contributed by atoms with Gasteiger partial charge in [0.15, 0.2) is 11.6 Å². The zero-order valence-corrected chi connectivity index (χ0v) is 23.6. The maximum absolute atomic E-state index is 14.4. The van der Waals surface area contributed by atoms with Crippen molar-refractivity contribution in [2.45, 2.75) is 19.4 Å². The van der Waals surface area contributed by atoms with E-state index in [1.807, 2.05) is 60.7 Å². The number of hydrogen-bond donors (Lipinski definition) is 0. The van der Waals surface area contributed by atoms with E-state index in [1.54, 1.807) is 0 Å². The zero-order valence-electron chi connectivity index (χ0n) is 23.6. The predicted molar refractivity (Wildman–Crippen MR) is 157 cm³/mol. The van der Waals surface area contributed by atoms with Gasteiger partial charge in [-0.25, -0.2) is 23.2 Å². The van der Waals surface area contributed by atoms with Gasteiger partial charge in [-0.1, -0.05) is 66.7 Å². The Morgan fingerprint density at radius 3 is 2.16 bits per heavy atom. The Bertz CT molecular complexity index is 1810. The van der Waals surface area contributed by atoms with E-state index < -0.39 is 35.0 Å². The molecule has 0 aliphatic heterocycles. The van der Waals surface area contributed by atoms with Gasteiger partial charge < -0.3 is 9.47 Å². The van der Waals surface area contributed by atoms with Crippen LogP contribution in [0.5, 0.6) is 5.75 Å². The number of esters is 1. The quantitative estimate of drug-likeness (QED) is 0.161. The lowest BCUT2D eigenvalue weighted by atomic mass is 10.1. The molecular weight excluding hydrogens is 572 g/mol. The van der Waals surface area contributed by atoms with Gasteiger partial charge >= 0.3 is 17.7 Å². The molecule has 1 amide bonds. The SMILES string of the molecule is COc1ccc(C(=O)OCc2ccccc2)cc1N(CCCc1ccccc1)C(=O)n1nnn(-c2c(F)cccc2F)c1=O. The highest BCUT2D eigenvalue weighted by atomic mass is 19.1. The molecule has 1 heterocycles. The number of aryl methyl sites for hydroxylation is 1. The number of tetrazole rings is 1. The number of amides is 1. The Morgan fingerprint density at radius 1 is 0.841 bits per heavy atom. The number of hydrogen-bond acceptors (Lipinski definition) is 7. The monoisotopic (exact) mass is 599 g/mol. The van der Waals surface area contributed by atoms with Crippen LogP contribution in [0.2, 0.25) is 0 Å². The Morgan fingerprint density at radius 2 is 1.50 bits per heavy atom. The summed E-state index contributed by atoms with van der Waals surface area (Å²) in [6.07, 6.45) is 1.01. The van der Waals surface area contributed by atoms with E-state index in [4.69, 9.17) is 9.47 Å². The third-order valence-corrected chi connectivity index (χ3v) is 6.75. The van der Waals surface area contributed by atoms with Crippen molar-refractivity contribution in [3.05, 3.63) is 136 Å². The lowest BCUT2D eigenvalue weighted by Gasteiger charge is -2.24. The standard InChI is InChI=1S/C32H27F2N5O5/c1-43-28-18-17-24(30(40)44-21-23-12-6-3-7-13-23)20-27(28)37(19-9-14-22-10-4-2-5-11-22)31(41)39-32(42)38(35-36-39)29-25(33)15-8-16-26(29)34/h2-8,10-13,15-18,20H,9,14,19,21H2,1H3. The van der Waals surface area contributed by atoms with Crippen molar-refractivity contribution in [2.24, 2.45) is 0 Å². The normalized spacial score (nSPS) is 10.8. The number of aromatic nitrogens is 4. The van der Waals surface area contributed by atoms with E-state index in [0.29, 0.717) is 22.2 Å². The Balaban J connectivity index is 1.49. The minimum atomic E-state index is -1.19. The first-order chi connectivity index (χ1) is 21.4. The highest BCUT2D eigenvalue weighted by Crippen LogP contribution is 2.31. The highest BCUT2D eigenvalue weighted by molar-refractivity contribution is 5.97. The van der Waals surface area contributed by atoms with Crippen molar-refractivity contribution < 1.29 is 27.8 Å². The summed E-state index contributed by atoms with van der Waals surface area (Å²) in [5.41, 5.74) is 0.127. The lowest BCUT2D eigenvalue weighted by molar-refractivity contribution is 0.0472. The van der Waals surface area contributed by atoms with Crippen LogP contribution in [-0.2, 0) is 17.8 Å². The largest absolute Gasteiger partial charge is 0.495 e. The summed E-state index contributed by atoms with van der Waals surface area (Å²) < 4.78 is 40.6. The summed E-state index contributed by atoms with van der Waals surface area (Å²) in [5.74, 6) is -2.55. The topological polar surface area (TPSA) is 109 Å². The van der Waals surface area contributed by atoms with Crippen molar-refractivity contribution in [3.63, 3.8) is 0 Å². The van der Waals surface area contributed by atoms with E-state index in [2.05, 4.69) is 10.4 Å². The molecule has 0 unspecified atom stereocenters. The number of nitrogens with zero attached hydrogens (tertiary/aromatic N) is 5. The minimum Gasteiger partial charge on any atom is -0.495 e. The van der Waals surface area contributed by atoms with Gasteiger partial charge in [-0.2, -0.15) is 4.68 Å². The fourth-order valence-corrected chi connectivity index (χ4v) is 4.55. The molecule has 44 heavy (non-hydrogen) atoms. The fourth-order valence-electron chi connectivity index (χ4n) is 4.55. The van der Waals surface area contributed by atoms with Gasteiger partial charge in [0.25, 0.3) is 0 Å². The molecule has 0 aliphatic carbocycles. The minimum absolute atomic E-state index is 0.0336. The lowest BCUT2D eigenvalue weighted by Crippen LogP contribution is -2.42. The third-order valence-electron chi connectivity index (χ3n) is 6.75. The van der Waals surface area contributed by atoms with Crippen LogP contribution in [0.1, 0.15) is 27.9 Å². The maximum atomic E-state index is 14.4. The van der Waals surface area contributed by atoms with Gasteiger partial charge in [-0.15, -0.1) is 4.68 Å². The van der Waals surface area contributed by atoms with E-state index in [-0.39, 0.29) is 30.2 Å². The molecule has 5 rings (SSSR count). The smallest absolute Gasteiger partial charge is 0.377 e. The van der Waals surface area contributed by atoms with Crippen molar-refractivity contribution in [2.75, 3.05) is 18.6 Å². The Kier molecular flexibility index (Phi) is 9.19. The van der Waals surface area contributed by atoms with Gasteiger partial charge in [0.1, 0.15) is 18.0 Å². The van der Waals surface area contributed by atoms with Crippen LogP contribution < -0.4 is 15.3 Å². The number of carbonyl (C=O) groups is 2. The molecule has 1 aromatic heterocycles. The maximum Gasteiger partial charge on any atom is 0.377 e. The van der Waals surface area contributed by atoms with Gasteiger partial charge in [-0.3, -0.25) is 4.90 Å². The zero-order chi connectivity index (χ0) is 31.1. The van der Waals surface area contributed by atoms with Crippen LogP contribution in [-0.4, -0.2) is 45.4 Å². The molecule has 0 bridgehead atoms. The number of carbonyl (C=O) groups excluding carboxylic acids is 2. The summed E-state index contributed by atoms with van der Waals surface area (Å²) >= 11 is 0. The van der Waals surface area contributed by atoms with Crippen LogP contribution in [0, 0.1) is 11.6 Å². The van der Waals surface area contributed by atoms with Crippen molar-refractivity contribution >= 4 is 17.7 Å². The van der Waals surface area contributed by atoms with E-state index >= 15 is 0 Å². The second kappa shape index (κ2) is 13.6. The van der Waals surface area contributed by atoms with Crippen molar-refractivity contribution in [3.8, 4) is 11.4 Å². The fraction of sp³-hybridized carbons (Fsp3) is 0.156. The van der Waals surface area contributed by atoms with Crippen molar-refractivity contribution in [1.82, 2.24) is 19.8 Å². The summed E-state index contributed by atoms with van der Waals surface area (Å²) in [7, 11) is 1.39. The summed E-state index contributed by atoms with van der Waals surface area (Å²) in [4.78, 5) is 41.3. The summed E-state index contributed by atoms with van der Waals surface area (Å²) in [6.45, 7) is 0.0891. The molecule has 0 saturated heterocycles. The second-order valence-electron chi connectivity index (χ2n) is 9.63. The molecular formula is C32H27F2N5O5. The number of benzene rings is 4. The molecule has 224 valence electrons. The molecule has 4 aromatic carbocycles. The first kappa shape index (κ1) is 29.8. The first-order valence-electron chi connectivity index (χ1n) is 13.6. The number of para-hydroxylation sites is 1. The predicted octanol–water partition coefficient (Wildman–Crippen LogP) is 5.18. The molecule has 0 saturated carbocycles. The molecule has 0 spiro atoms. The van der Waals surface area contributed by atoms with Crippen LogP contribution in [0.4, 0.5) is 19.3 Å². The molecule has 0 N–H and O–H groups in total. The third kappa shape index (κ3) is 6.54. The Labute approximate surface area is 250 Å². The number of methoxy groups -OCH3 is 1. The van der Waals surface area contributed by atoms with Crippen LogP contribution in [0.15, 0.2) is 102 Å². The molecule has 12 heteroatoms. The summed E-state index contributed by atoms with van der Waals surface area (Å²) in [5, 5.41) is 7.18. The molecule has 0 fully saturated rings. The number of halogens is 2. The van der Waals surface area contributed by atoms with Crippen molar-refractivity contribution in [1.29, 1.82) is 0 Å². The highest BCUT2D eigenvalue weighted by Gasteiger charge is 2.28. The first-order valence-corrected chi connectivity index (χ1v) is 13.6.